The number of benzene rings is 1. The van der Waals surface area contributed by atoms with E-state index in [-0.39, 0.29) is 5.91 Å². The summed E-state index contributed by atoms with van der Waals surface area (Å²) in [5, 5.41) is 11.7. The molecule has 1 saturated heterocycles. The normalized spacial score (nSPS) is 21.7. The fourth-order valence-corrected chi connectivity index (χ4v) is 2.61. The Morgan fingerprint density at radius 3 is 2.70 bits per heavy atom. The molecule has 0 saturated carbocycles. The van der Waals surface area contributed by atoms with E-state index in [2.05, 4.69) is 21.2 Å². The number of carbonyl (C=O) groups is 2. The summed E-state index contributed by atoms with van der Waals surface area (Å²) in [7, 11) is 0. The van der Waals surface area contributed by atoms with E-state index in [0.717, 1.165) is 22.1 Å². The van der Waals surface area contributed by atoms with Crippen molar-refractivity contribution >= 4 is 33.5 Å². The molecule has 1 heterocycles. The Bertz CT molecular complexity index is 532. The lowest BCUT2D eigenvalue weighted by atomic mass is 10.1. The van der Waals surface area contributed by atoms with E-state index in [9.17, 15) is 9.59 Å². The van der Waals surface area contributed by atoms with Gasteiger partial charge in [-0.2, -0.15) is 0 Å². The first-order chi connectivity index (χ1) is 9.51. The van der Waals surface area contributed by atoms with Crippen molar-refractivity contribution < 1.29 is 19.4 Å². The van der Waals surface area contributed by atoms with Gasteiger partial charge in [0.25, 0.3) is 5.91 Å². The van der Waals surface area contributed by atoms with Crippen molar-refractivity contribution in [2.75, 3.05) is 5.32 Å². The van der Waals surface area contributed by atoms with Crippen LogP contribution in [0.25, 0.3) is 0 Å². The Labute approximate surface area is 125 Å². The largest absolute Gasteiger partial charge is 0.479 e. The molecule has 2 rings (SSSR count). The first kappa shape index (κ1) is 15.0. The van der Waals surface area contributed by atoms with E-state index in [0.29, 0.717) is 12.8 Å². The number of hydrogen-bond donors (Lipinski definition) is 2. The summed E-state index contributed by atoms with van der Waals surface area (Å²) >= 11 is 3.39. The van der Waals surface area contributed by atoms with Crippen molar-refractivity contribution in [3.63, 3.8) is 0 Å². The number of carbonyl (C=O) groups excluding carboxylic acids is 1. The molecule has 0 spiro atoms. The van der Waals surface area contributed by atoms with Crippen molar-refractivity contribution in [1.29, 1.82) is 0 Å². The maximum absolute atomic E-state index is 12.1. The van der Waals surface area contributed by atoms with Crippen LogP contribution >= 0.6 is 15.9 Å². The average molecular weight is 342 g/mol. The number of amides is 1. The summed E-state index contributed by atoms with van der Waals surface area (Å²) in [5.74, 6) is -1.30. The van der Waals surface area contributed by atoms with Crippen molar-refractivity contribution in [2.24, 2.45) is 0 Å². The summed E-state index contributed by atoms with van der Waals surface area (Å²) < 4.78 is 6.19. The van der Waals surface area contributed by atoms with E-state index in [1.165, 1.54) is 0 Å². The molecular weight excluding hydrogens is 326 g/mol. The highest BCUT2D eigenvalue weighted by atomic mass is 79.9. The highest BCUT2D eigenvalue weighted by Crippen LogP contribution is 2.24. The zero-order chi connectivity index (χ0) is 14.7. The quantitative estimate of drug-likeness (QED) is 0.882. The van der Waals surface area contributed by atoms with Gasteiger partial charge in [-0.05, 0) is 43.0 Å². The van der Waals surface area contributed by atoms with Gasteiger partial charge in [0.2, 0.25) is 0 Å². The highest BCUT2D eigenvalue weighted by molar-refractivity contribution is 9.10. The van der Waals surface area contributed by atoms with Gasteiger partial charge in [0.1, 0.15) is 6.10 Å². The van der Waals surface area contributed by atoms with Gasteiger partial charge in [-0.3, -0.25) is 4.79 Å². The van der Waals surface area contributed by atoms with Gasteiger partial charge in [0.05, 0.1) is 0 Å². The minimum Gasteiger partial charge on any atom is -0.479 e. The predicted molar refractivity (Wildman–Crippen MR) is 77.7 cm³/mol. The molecule has 0 radical (unpaired) electrons. The number of ether oxygens (including phenoxy) is 1. The molecule has 0 bridgehead atoms. The van der Waals surface area contributed by atoms with Gasteiger partial charge in [-0.1, -0.05) is 22.9 Å². The molecule has 108 valence electrons. The minimum atomic E-state index is -1.02. The summed E-state index contributed by atoms with van der Waals surface area (Å²) in [6, 6.07) is 5.62. The van der Waals surface area contributed by atoms with Crippen LogP contribution in [0.15, 0.2) is 22.7 Å². The Hall–Kier alpha value is -1.40. The number of nitrogens with one attached hydrogen (secondary N) is 1. The molecule has 2 unspecified atom stereocenters. The van der Waals surface area contributed by atoms with E-state index in [1.54, 1.807) is 0 Å². The van der Waals surface area contributed by atoms with Gasteiger partial charge in [0.15, 0.2) is 6.10 Å². The van der Waals surface area contributed by atoms with Crippen molar-refractivity contribution in [1.82, 2.24) is 0 Å². The molecule has 2 atom stereocenters. The zero-order valence-electron chi connectivity index (χ0n) is 11.1. The minimum absolute atomic E-state index is 0.286. The Balaban J connectivity index is 2.04. The fraction of sp³-hybridized carbons (Fsp3) is 0.429. The number of rotatable bonds is 4. The van der Waals surface area contributed by atoms with Crippen molar-refractivity contribution in [3.05, 3.63) is 28.2 Å². The van der Waals surface area contributed by atoms with Gasteiger partial charge >= 0.3 is 5.97 Å². The third-order valence-electron chi connectivity index (χ3n) is 3.29. The van der Waals surface area contributed by atoms with Crippen LogP contribution in [0, 0.1) is 0 Å². The van der Waals surface area contributed by atoms with E-state index < -0.39 is 18.2 Å². The predicted octanol–water partition coefficient (Wildman–Crippen LogP) is 2.58. The number of aliphatic carboxylic acids is 1. The molecule has 20 heavy (non-hydrogen) atoms. The second kappa shape index (κ2) is 6.37. The first-order valence-corrected chi connectivity index (χ1v) is 7.28. The van der Waals surface area contributed by atoms with Crippen molar-refractivity contribution in [2.45, 2.75) is 38.4 Å². The summed E-state index contributed by atoms with van der Waals surface area (Å²) in [5.41, 5.74) is 1.75. The van der Waals surface area contributed by atoms with Crippen LogP contribution in [0.3, 0.4) is 0 Å². The third-order valence-corrected chi connectivity index (χ3v) is 3.79. The molecule has 5 nitrogen and oxygen atoms in total. The average Bonchev–Trinajstić information content (AvgIpc) is 2.90. The van der Waals surface area contributed by atoms with E-state index in [1.807, 2.05) is 25.1 Å². The van der Waals surface area contributed by atoms with Crippen LogP contribution in [-0.2, 0) is 20.7 Å². The van der Waals surface area contributed by atoms with Crippen LogP contribution in [0.4, 0.5) is 5.69 Å². The lowest BCUT2D eigenvalue weighted by Gasteiger charge is -2.14. The molecule has 1 aromatic carbocycles. The monoisotopic (exact) mass is 341 g/mol. The molecule has 0 aromatic heterocycles. The lowest BCUT2D eigenvalue weighted by molar-refractivity contribution is -0.150. The topological polar surface area (TPSA) is 75.6 Å². The molecule has 1 fully saturated rings. The Morgan fingerprint density at radius 1 is 1.40 bits per heavy atom. The standard InChI is InChI=1S/C14H16BrNO4/c1-2-8-7-9(15)3-4-10(8)16-13(17)11-5-6-12(20-11)14(18)19/h3-4,7,11-12H,2,5-6H2,1H3,(H,16,17)(H,18,19). The molecule has 1 amide bonds. The highest BCUT2D eigenvalue weighted by Gasteiger charge is 2.34. The SMILES string of the molecule is CCc1cc(Br)ccc1NC(=O)C1CCC(C(=O)O)O1. The maximum Gasteiger partial charge on any atom is 0.332 e. The van der Waals surface area contributed by atoms with Crippen LogP contribution < -0.4 is 5.32 Å². The van der Waals surface area contributed by atoms with Gasteiger partial charge in [0, 0.05) is 10.2 Å². The zero-order valence-corrected chi connectivity index (χ0v) is 12.6. The molecular formula is C14H16BrNO4. The van der Waals surface area contributed by atoms with E-state index in [4.69, 9.17) is 9.84 Å². The summed E-state index contributed by atoms with van der Waals surface area (Å²) in [6.07, 6.45) is 0.0267. The maximum atomic E-state index is 12.1. The van der Waals surface area contributed by atoms with E-state index >= 15 is 0 Å². The number of halogens is 1. The van der Waals surface area contributed by atoms with Gasteiger partial charge < -0.3 is 15.2 Å². The number of anilines is 1. The van der Waals surface area contributed by atoms with Gasteiger partial charge in [-0.25, -0.2) is 4.79 Å². The molecule has 1 aliphatic rings. The number of aryl methyl sites for hydroxylation is 1. The van der Waals surface area contributed by atoms with Crippen LogP contribution in [0.1, 0.15) is 25.3 Å². The number of carboxylic acids is 1. The second-order valence-corrected chi connectivity index (χ2v) is 5.59. The fourth-order valence-electron chi connectivity index (χ4n) is 2.20. The Kier molecular flexibility index (Phi) is 4.77. The van der Waals surface area contributed by atoms with Gasteiger partial charge in [-0.15, -0.1) is 0 Å². The van der Waals surface area contributed by atoms with Crippen molar-refractivity contribution in [3.8, 4) is 0 Å². The second-order valence-electron chi connectivity index (χ2n) is 4.67. The Morgan fingerprint density at radius 2 is 2.10 bits per heavy atom. The molecule has 1 aromatic rings. The van der Waals surface area contributed by atoms with Crippen LogP contribution in [0.2, 0.25) is 0 Å². The number of carboxylic acid groups (broad SMARTS) is 1. The van der Waals surface area contributed by atoms with Crippen LogP contribution in [-0.4, -0.2) is 29.2 Å². The molecule has 0 aliphatic carbocycles. The number of hydrogen-bond acceptors (Lipinski definition) is 3. The smallest absolute Gasteiger partial charge is 0.332 e. The molecule has 1 aliphatic heterocycles. The lowest BCUT2D eigenvalue weighted by Crippen LogP contribution is -2.30. The first-order valence-electron chi connectivity index (χ1n) is 6.48. The summed E-state index contributed by atoms with van der Waals surface area (Å²) in [4.78, 5) is 22.9. The molecule has 2 N–H and O–H groups in total. The molecule has 6 heteroatoms. The van der Waals surface area contributed by atoms with Crippen LogP contribution in [0.5, 0.6) is 0 Å². The summed E-state index contributed by atoms with van der Waals surface area (Å²) in [6.45, 7) is 2.00. The third kappa shape index (κ3) is 3.37.